The predicted octanol–water partition coefficient (Wildman–Crippen LogP) is 6.48. The quantitative estimate of drug-likeness (QED) is 0.404. The van der Waals surface area contributed by atoms with E-state index in [4.69, 9.17) is 4.74 Å². The van der Waals surface area contributed by atoms with Crippen molar-refractivity contribution in [3.05, 3.63) is 42.6 Å². The van der Waals surface area contributed by atoms with Crippen molar-refractivity contribution in [2.75, 3.05) is 6.61 Å². The molecule has 0 aliphatic rings. The van der Waals surface area contributed by atoms with E-state index in [0.29, 0.717) is 6.61 Å². The van der Waals surface area contributed by atoms with Crippen molar-refractivity contribution in [1.82, 2.24) is 4.98 Å². The van der Waals surface area contributed by atoms with Crippen molar-refractivity contribution in [2.45, 2.75) is 58.5 Å². The minimum absolute atomic E-state index is 0.137. The molecule has 0 N–H and O–H groups in total. The van der Waals surface area contributed by atoms with Crippen LogP contribution in [0.2, 0.25) is 0 Å². The van der Waals surface area contributed by atoms with E-state index in [1.807, 2.05) is 12.1 Å². The van der Waals surface area contributed by atoms with Gasteiger partial charge < -0.3 is 9.47 Å². The average molecular weight is 363 g/mol. The van der Waals surface area contributed by atoms with Crippen LogP contribution in [0, 0.1) is 0 Å². The molecule has 0 aliphatic carbocycles. The molecule has 1 aromatic carbocycles. The van der Waals surface area contributed by atoms with Gasteiger partial charge in [-0.2, -0.15) is 8.78 Å². The molecule has 2 rings (SSSR count). The minimum Gasteiger partial charge on any atom is -0.492 e. The van der Waals surface area contributed by atoms with Crippen LogP contribution >= 0.6 is 0 Å². The SMILES string of the molecule is CCCCCCCCCOc1ccc(-c2ccc(OC(F)F)cc2)nc1. The molecule has 0 saturated carbocycles. The number of nitrogens with zero attached hydrogens (tertiary/aromatic N) is 1. The van der Waals surface area contributed by atoms with Crippen molar-refractivity contribution < 1.29 is 18.3 Å². The molecule has 0 bridgehead atoms. The second-order valence-electron chi connectivity index (χ2n) is 6.25. The first kappa shape index (κ1) is 20.1. The molecule has 5 heteroatoms. The van der Waals surface area contributed by atoms with Gasteiger partial charge in [0.2, 0.25) is 0 Å². The monoisotopic (exact) mass is 363 g/mol. The molecule has 0 radical (unpaired) electrons. The molecular weight excluding hydrogens is 336 g/mol. The normalized spacial score (nSPS) is 10.9. The van der Waals surface area contributed by atoms with Gasteiger partial charge in [-0.05, 0) is 42.8 Å². The van der Waals surface area contributed by atoms with Gasteiger partial charge in [-0.3, -0.25) is 4.98 Å². The van der Waals surface area contributed by atoms with Gasteiger partial charge in [0.25, 0.3) is 0 Å². The second kappa shape index (κ2) is 11.4. The van der Waals surface area contributed by atoms with Crippen LogP contribution in [-0.2, 0) is 0 Å². The summed E-state index contributed by atoms with van der Waals surface area (Å²) in [5.74, 6) is 0.885. The Morgan fingerprint density at radius 3 is 2.12 bits per heavy atom. The number of ether oxygens (including phenoxy) is 2. The molecule has 0 atom stereocenters. The van der Waals surface area contributed by atoms with Gasteiger partial charge in [-0.25, -0.2) is 0 Å². The fourth-order valence-corrected chi connectivity index (χ4v) is 2.69. The highest BCUT2D eigenvalue weighted by molar-refractivity contribution is 5.60. The lowest BCUT2D eigenvalue weighted by molar-refractivity contribution is -0.0498. The third-order valence-electron chi connectivity index (χ3n) is 4.13. The third-order valence-corrected chi connectivity index (χ3v) is 4.13. The Bertz CT molecular complexity index is 615. The van der Waals surface area contributed by atoms with Gasteiger partial charge in [0.1, 0.15) is 11.5 Å². The average Bonchev–Trinajstić information content (AvgIpc) is 2.65. The lowest BCUT2D eigenvalue weighted by Crippen LogP contribution is -2.01. The summed E-state index contributed by atoms with van der Waals surface area (Å²) in [5.41, 5.74) is 1.60. The van der Waals surface area contributed by atoms with Gasteiger partial charge in [0, 0.05) is 5.56 Å². The second-order valence-corrected chi connectivity index (χ2v) is 6.25. The summed E-state index contributed by atoms with van der Waals surface area (Å²) in [6.45, 7) is 0.116. The van der Waals surface area contributed by atoms with Crippen LogP contribution in [0.25, 0.3) is 11.3 Å². The summed E-state index contributed by atoms with van der Waals surface area (Å²) in [7, 11) is 0. The molecule has 0 spiro atoms. The molecule has 2 aromatic rings. The molecule has 1 heterocycles. The lowest BCUT2D eigenvalue weighted by Gasteiger charge is -2.08. The maximum atomic E-state index is 12.2. The van der Waals surface area contributed by atoms with E-state index in [1.165, 1.54) is 50.7 Å². The highest BCUT2D eigenvalue weighted by Gasteiger charge is 2.05. The number of benzene rings is 1. The third kappa shape index (κ3) is 7.38. The van der Waals surface area contributed by atoms with Crippen LogP contribution in [0.4, 0.5) is 8.78 Å². The molecule has 0 aliphatic heterocycles. The van der Waals surface area contributed by atoms with Crippen LogP contribution < -0.4 is 9.47 Å². The fourth-order valence-electron chi connectivity index (χ4n) is 2.69. The number of unbranched alkanes of at least 4 members (excludes halogenated alkanes) is 6. The summed E-state index contributed by atoms with van der Waals surface area (Å²) in [6.07, 6.45) is 10.5. The molecule has 1 aromatic heterocycles. The molecule has 0 fully saturated rings. The van der Waals surface area contributed by atoms with Gasteiger partial charge in [0.15, 0.2) is 0 Å². The topological polar surface area (TPSA) is 31.4 Å². The van der Waals surface area contributed by atoms with Crippen molar-refractivity contribution in [3.8, 4) is 22.8 Å². The van der Waals surface area contributed by atoms with Crippen molar-refractivity contribution in [2.24, 2.45) is 0 Å². The Balaban J connectivity index is 1.72. The molecule has 142 valence electrons. The highest BCUT2D eigenvalue weighted by Crippen LogP contribution is 2.23. The van der Waals surface area contributed by atoms with Gasteiger partial charge >= 0.3 is 6.61 Å². The maximum absolute atomic E-state index is 12.2. The Morgan fingerprint density at radius 1 is 0.846 bits per heavy atom. The first-order chi connectivity index (χ1) is 12.7. The molecule has 26 heavy (non-hydrogen) atoms. The smallest absolute Gasteiger partial charge is 0.387 e. The van der Waals surface area contributed by atoms with Gasteiger partial charge in [-0.1, -0.05) is 45.4 Å². The Labute approximate surface area is 154 Å². The van der Waals surface area contributed by atoms with E-state index in [-0.39, 0.29) is 5.75 Å². The van der Waals surface area contributed by atoms with Crippen molar-refractivity contribution in [3.63, 3.8) is 0 Å². The number of pyridine rings is 1. The zero-order valence-corrected chi connectivity index (χ0v) is 15.3. The summed E-state index contributed by atoms with van der Waals surface area (Å²) >= 11 is 0. The Morgan fingerprint density at radius 2 is 1.50 bits per heavy atom. The Kier molecular flexibility index (Phi) is 8.87. The summed E-state index contributed by atoms with van der Waals surface area (Å²) in [6, 6.07) is 10.2. The molecule has 0 unspecified atom stereocenters. The van der Waals surface area contributed by atoms with E-state index in [9.17, 15) is 8.78 Å². The largest absolute Gasteiger partial charge is 0.492 e. The lowest BCUT2D eigenvalue weighted by atomic mass is 10.1. The molecule has 0 amide bonds. The first-order valence-corrected chi connectivity index (χ1v) is 9.33. The number of rotatable bonds is 12. The number of hydrogen-bond acceptors (Lipinski definition) is 3. The zero-order chi connectivity index (χ0) is 18.6. The van der Waals surface area contributed by atoms with E-state index >= 15 is 0 Å². The molecular formula is C21H27F2NO2. The molecule has 3 nitrogen and oxygen atoms in total. The number of halogens is 2. The molecule has 0 saturated heterocycles. The zero-order valence-electron chi connectivity index (χ0n) is 15.3. The van der Waals surface area contributed by atoms with Gasteiger partial charge in [0.05, 0.1) is 18.5 Å². The highest BCUT2D eigenvalue weighted by atomic mass is 19.3. The van der Waals surface area contributed by atoms with Crippen LogP contribution in [0.5, 0.6) is 11.5 Å². The van der Waals surface area contributed by atoms with Crippen LogP contribution in [0.1, 0.15) is 51.9 Å². The predicted molar refractivity (Wildman–Crippen MR) is 99.8 cm³/mol. The van der Waals surface area contributed by atoms with Crippen molar-refractivity contribution >= 4 is 0 Å². The van der Waals surface area contributed by atoms with E-state index in [1.54, 1.807) is 18.3 Å². The van der Waals surface area contributed by atoms with Crippen LogP contribution in [0.3, 0.4) is 0 Å². The van der Waals surface area contributed by atoms with E-state index in [0.717, 1.165) is 23.4 Å². The summed E-state index contributed by atoms with van der Waals surface area (Å²) < 4.78 is 34.4. The van der Waals surface area contributed by atoms with Crippen LogP contribution in [0.15, 0.2) is 42.6 Å². The van der Waals surface area contributed by atoms with Crippen LogP contribution in [-0.4, -0.2) is 18.2 Å². The maximum Gasteiger partial charge on any atom is 0.387 e. The standard InChI is InChI=1S/C21H27F2NO2/c1-2-3-4-5-6-7-8-15-25-19-13-14-20(24-16-19)17-9-11-18(12-10-17)26-21(22)23/h9-14,16,21H,2-8,15H2,1H3. The van der Waals surface area contributed by atoms with Gasteiger partial charge in [-0.15, -0.1) is 0 Å². The Hall–Kier alpha value is -2.17. The number of hydrogen-bond donors (Lipinski definition) is 0. The number of aromatic nitrogens is 1. The number of alkyl halides is 2. The minimum atomic E-state index is -2.81. The summed E-state index contributed by atoms with van der Waals surface area (Å²) in [5, 5.41) is 0. The fraction of sp³-hybridized carbons (Fsp3) is 0.476. The van der Waals surface area contributed by atoms with E-state index < -0.39 is 6.61 Å². The van der Waals surface area contributed by atoms with E-state index in [2.05, 4.69) is 16.6 Å². The van der Waals surface area contributed by atoms with Crippen molar-refractivity contribution in [1.29, 1.82) is 0 Å². The first-order valence-electron chi connectivity index (χ1n) is 9.33. The summed E-state index contributed by atoms with van der Waals surface area (Å²) in [4.78, 5) is 4.37.